The number of aliphatic hydroxyl groups is 1. The Morgan fingerprint density at radius 2 is 0.982 bits per heavy atom. The fraction of sp³-hybridized carbons (Fsp3) is 0.891. The minimum atomic E-state index is -4.33. The van der Waals surface area contributed by atoms with Crippen LogP contribution < -0.4 is 5.32 Å². The first kappa shape index (κ1) is 54.0. The summed E-state index contributed by atoms with van der Waals surface area (Å²) in [5, 5.41) is 13.8. The van der Waals surface area contributed by atoms with Crippen LogP contribution in [-0.4, -0.2) is 73.4 Å². The van der Waals surface area contributed by atoms with Crippen LogP contribution >= 0.6 is 7.82 Å². The second kappa shape index (κ2) is 38.5. The van der Waals surface area contributed by atoms with Crippen molar-refractivity contribution in [3.8, 4) is 0 Å². The van der Waals surface area contributed by atoms with Crippen molar-refractivity contribution >= 4 is 13.7 Å². The number of carbonyl (C=O) groups is 1. The van der Waals surface area contributed by atoms with Crippen LogP contribution in [0.5, 0.6) is 0 Å². The summed E-state index contributed by atoms with van der Waals surface area (Å²) in [6, 6.07) is -0.842. The topological polar surface area (TPSA) is 105 Å². The third-order valence-corrected chi connectivity index (χ3v) is 11.4. The molecule has 0 spiro atoms. The van der Waals surface area contributed by atoms with Gasteiger partial charge in [-0.3, -0.25) is 13.8 Å². The molecule has 0 saturated carbocycles. The van der Waals surface area contributed by atoms with Crippen molar-refractivity contribution in [1.82, 2.24) is 5.32 Å². The van der Waals surface area contributed by atoms with Gasteiger partial charge in [0.25, 0.3) is 0 Å². The van der Waals surface area contributed by atoms with Crippen LogP contribution in [0.15, 0.2) is 24.3 Å². The quantitative estimate of drug-likeness (QED) is 0.0246. The van der Waals surface area contributed by atoms with Gasteiger partial charge in [0.2, 0.25) is 5.91 Å². The molecule has 0 aromatic rings. The number of hydrogen-bond acceptors (Lipinski definition) is 5. The number of carbonyl (C=O) groups excluding carboxylic acids is 1. The molecule has 0 aliphatic heterocycles. The highest BCUT2D eigenvalue weighted by molar-refractivity contribution is 7.47. The van der Waals surface area contributed by atoms with E-state index in [4.69, 9.17) is 9.05 Å². The molecule has 0 radical (unpaired) electrons. The largest absolute Gasteiger partial charge is 0.472 e. The van der Waals surface area contributed by atoms with Gasteiger partial charge in [-0.25, -0.2) is 4.57 Å². The standard InChI is InChI=1S/C46H91N2O6P/c1-6-8-10-12-14-16-18-20-21-22-23-24-25-26-27-28-30-32-34-36-38-40-46(50)47-44(43-54-55(51,52)53-42-41-48(3,4)5)45(49)39-37-35-33-31-29-19-17-15-13-11-9-7-2/h20-21,37,39,44-45,49H,6-19,22-36,38,40-43H2,1-5H3,(H-,47,50,51,52)/p+1/b21-20-,39-37+/t44-,45+/m0/s1. The minimum absolute atomic E-state index is 0.0626. The van der Waals surface area contributed by atoms with Crippen molar-refractivity contribution in [1.29, 1.82) is 0 Å². The summed E-state index contributed by atoms with van der Waals surface area (Å²) in [6.45, 7) is 4.81. The van der Waals surface area contributed by atoms with Crippen molar-refractivity contribution < 1.29 is 32.9 Å². The molecule has 1 amide bonds. The molecule has 0 aromatic heterocycles. The Morgan fingerprint density at radius 3 is 1.40 bits per heavy atom. The van der Waals surface area contributed by atoms with Crippen LogP contribution in [0.2, 0.25) is 0 Å². The summed E-state index contributed by atoms with van der Waals surface area (Å²) in [4.78, 5) is 23.1. The lowest BCUT2D eigenvalue weighted by Gasteiger charge is -2.25. The number of nitrogens with one attached hydrogen (secondary N) is 1. The molecule has 0 rings (SSSR count). The average Bonchev–Trinajstić information content (AvgIpc) is 3.13. The fourth-order valence-corrected chi connectivity index (χ4v) is 7.42. The Hall–Kier alpha value is -1.02. The first-order chi connectivity index (χ1) is 26.5. The Kier molecular flexibility index (Phi) is 37.8. The zero-order chi connectivity index (χ0) is 40.7. The smallest absolute Gasteiger partial charge is 0.387 e. The van der Waals surface area contributed by atoms with Crippen LogP contribution in [0.4, 0.5) is 0 Å². The highest BCUT2D eigenvalue weighted by atomic mass is 31.2. The lowest BCUT2D eigenvalue weighted by Crippen LogP contribution is -2.45. The van der Waals surface area contributed by atoms with Crippen molar-refractivity contribution in [2.24, 2.45) is 0 Å². The summed E-state index contributed by atoms with van der Waals surface area (Å²) in [7, 11) is 1.57. The lowest BCUT2D eigenvalue weighted by molar-refractivity contribution is -0.870. The summed E-state index contributed by atoms with van der Waals surface area (Å²) >= 11 is 0. The van der Waals surface area contributed by atoms with Crippen LogP contribution in [0.1, 0.15) is 213 Å². The molecule has 0 bridgehead atoms. The molecule has 1 unspecified atom stereocenters. The van der Waals surface area contributed by atoms with E-state index in [2.05, 4.69) is 31.3 Å². The first-order valence-electron chi connectivity index (χ1n) is 23.2. The van der Waals surface area contributed by atoms with Gasteiger partial charge in [0.05, 0.1) is 39.9 Å². The van der Waals surface area contributed by atoms with Gasteiger partial charge in [0.15, 0.2) is 0 Å². The van der Waals surface area contributed by atoms with Crippen molar-refractivity contribution in [3.63, 3.8) is 0 Å². The second-order valence-electron chi connectivity index (χ2n) is 17.1. The molecular formula is C46H92N2O6P+. The van der Waals surface area contributed by atoms with Gasteiger partial charge in [-0.05, 0) is 44.9 Å². The summed E-state index contributed by atoms with van der Waals surface area (Å²) in [6.07, 6.45) is 45.3. The maximum Gasteiger partial charge on any atom is 0.472 e. The number of phosphoric ester groups is 1. The molecule has 9 heteroatoms. The molecule has 3 N–H and O–H groups in total. The highest BCUT2D eigenvalue weighted by Crippen LogP contribution is 2.43. The number of amides is 1. The maximum absolute atomic E-state index is 12.9. The third-order valence-electron chi connectivity index (χ3n) is 10.4. The van der Waals surface area contributed by atoms with E-state index in [0.717, 1.165) is 38.5 Å². The van der Waals surface area contributed by atoms with Gasteiger partial charge < -0.3 is 19.8 Å². The predicted molar refractivity (Wildman–Crippen MR) is 235 cm³/mol. The molecule has 0 aliphatic carbocycles. The van der Waals surface area contributed by atoms with Crippen molar-refractivity contribution in [2.45, 2.75) is 225 Å². The number of unbranched alkanes of at least 4 members (excludes halogenated alkanes) is 27. The zero-order valence-corrected chi connectivity index (χ0v) is 37.8. The predicted octanol–water partition coefficient (Wildman–Crippen LogP) is 12.9. The number of rotatable bonds is 42. The Morgan fingerprint density at radius 1 is 0.600 bits per heavy atom. The van der Waals surface area contributed by atoms with Crippen LogP contribution in [-0.2, 0) is 18.4 Å². The molecule has 0 saturated heterocycles. The van der Waals surface area contributed by atoms with Crippen LogP contribution in [0.3, 0.4) is 0 Å². The number of aliphatic hydroxyl groups excluding tert-OH is 1. The van der Waals surface area contributed by atoms with Crippen LogP contribution in [0, 0.1) is 0 Å². The van der Waals surface area contributed by atoms with Gasteiger partial charge >= 0.3 is 7.82 Å². The maximum atomic E-state index is 12.9. The van der Waals surface area contributed by atoms with Gasteiger partial charge in [0.1, 0.15) is 13.2 Å². The normalized spacial score (nSPS) is 14.5. The molecular weight excluding hydrogens is 707 g/mol. The van der Waals surface area contributed by atoms with E-state index in [0.29, 0.717) is 17.4 Å². The zero-order valence-electron chi connectivity index (χ0n) is 36.9. The molecule has 0 fully saturated rings. The van der Waals surface area contributed by atoms with Gasteiger partial charge in [-0.2, -0.15) is 0 Å². The molecule has 3 atom stereocenters. The lowest BCUT2D eigenvalue weighted by atomic mass is 10.0. The SMILES string of the molecule is CCCCCCCC/C=C\CCCCCCCCCCCCCC(=O)N[C@@H](COP(=O)(O)OCC[N+](C)(C)C)[C@H](O)/C=C/CCCCCCCCCCCC. The van der Waals surface area contributed by atoms with E-state index in [1.165, 1.54) is 154 Å². The number of allylic oxidation sites excluding steroid dienone is 3. The van der Waals surface area contributed by atoms with E-state index < -0.39 is 20.0 Å². The first-order valence-corrected chi connectivity index (χ1v) is 24.7. The Bertz CT molecular complexity index is 953. The van der Waals surface area contributed by atoms with Crippen molar-refractivity contribution in [2.75, 3.05) is 40.9 Å². The summed E-state index contributed by atoms with van der Waals surface area (Å²) in [5.41, 5.74) is 0. The van der Waals surface area contributed by atoms with E-state index >= 15 is 0 Å². The number of nitrogens with zero attached hydrogens (tertiary/aromatic N) is 1. The minimum Gasteiger partial charge on any atom is -0.387 e. The number of quaternary nitrogens is 1. The number of phosphoric acid groups is 1. The van der Waals surface area contributed by atoms with E-state index in [1.807, 2.05) is 27.2 Å². The molecule has 55 heavy (non-hydrogen) atoms. The fourth-order valence-electron chi connectivity index (χ4n) is 6.68. The third kappa shape index (κ3) is 41.0. The molecule has 8 nitrogen and oxygen atoms in total. The summed E-state index contributed by atoms with van der Waals surface area (Å²) in [5.74, 6) is -0.178. The van der Waals surface area contributed by atoms with E-state index in [1.54, 1.807) is 6.08 Å². The summed E-state index contributed by atoms with van der Waals surface area (Å²) < 4.78 is 23.5. The average molecular weight is 800 g/mol. The monoisotopic (exact) mass is 800 g/mol. The Labute approximate surface area is 341 Å². The van der Waals surface area contributed by atoms with Gasteiger partial charge in [-0.1, -0.05) is 186 Å². The van der Waals surface area contributed by atoms with Gasteiger partial charge in [-0.15, -0.1) is 0 Å². The molecule has 0 heterocycles. The number of likely N-dealkylation sites (N-methyl/N-ethyl adjacent to an activating group) is 1. The molecule has 0 aromatic carbocycles. The second-order valence-corrected chi connectivity index (χ2v) is 18.6. The molecule has 326 valence electrons. The molecule has 0 aliphatic rings. The van der Waals surface area contributed by atoms with E-state index in [9.17, 15) is 19.4 Å². The van der Waals surface area contributed by atoms with E-state index in [-0.39, 0.29) is 19.1 Å². The van der Waals surface area contributed by atoms with Gasteiger partial charge in [0, 0.05) is 6.42 Å². The number of hydrogen-bond donors (Lipinski definition) is 3. The van der Waals surface area contributed by atoms with Crippen LogP contribution in [0.25, 0.3) is 0 Å². The van der Waals surface area contributed by atoms with Crippen molar-refractivity contribution in [3.05, 3.63) is 24.3 Å². The Balaban J connectivity index is 4.29. The highest BCUT2D eigenvalue weighted by Gasteiger charge is 2.27.